The van der Waals surface area contributed by atoms with E-state index in [1.807, 2.05) is 19.1 Å². The lowest BCUT2D eigenvalue weighted by molar-refractivity contribution is 0.913. The first kappa shape index (κ1) is 10.4. The molecule has 3 aromatic heterocycles. The van der Waals surface area contributed by atoms with Gasteiger partial charge in [-0.2, -0.15) is 14.8 Å². The zero-order valence-corrected chi connectivity index (χ0v) is 9.57. The second kappa shape index (κ2) is 3.89. The van der Waals surface area contributed by atoms with Gasteiger partial charge in [-0.3, -0.25) is 4.98 Å². The van der Waals surface area contributed by atoms with Gasteiger partial charge in [0.15, 0.2) is 5.82 Å². The van der Waals surface area contributed by atoms with Crippen LogP contribution < -0.4 is 0 Å². The highest BCUT2D eigenvalue weighted by atomic mass is 15.3. The van der Waals surface area contributed by atoms with Gasteiger partial charge in [-0.1, -0.05) is 0 Å². The lowest BCUT2D eigenvalue weighted by Gasteiger charge is -1.95. The molecule has 0 radical (unpaired) electrons. The largest absolute Gasteiger partial charge is 0.265 e. The van der Waals surface area contributed by atoms with Gasteiger partial charge in [0, 0.05) is 23.7 Å². The van der Waals surface area contributed by atoms with E-state index in [-0.39, 0.29) is 0 Å². The van der Waals surface area contributed by atoms with E-state index in [4.69, 9.17) is 5.26 Å². The van der Waals surface area contributed by atoms with Gasteiger partial charge in [0.1, 0.15) is 11.8 Å². The molecule has 0 aliphatic heterocycles. The molecule has 0 aliphatic carbocycles. The fourth-order valence-electron chi connectivity index (χ4n) is 1.69. The van der Waals surface area contributed by atoms with Crippen LogP contribution in [0.4, 0.5) is 0 Å². The van der Waals surface area contributed by atoms with E-state index in [1.165, 1.54) is 4.52 Å². The summed E-state index contributed by atoms with van der Waals surface area (Å²) in [6.07, 6.45) is 3.34. The molecule has 3 aromatic rings. The maximum Gasteiger partial charge on any atom is 0.254 e. The van der Waals surface area contributed by atoms with E-state index >= 15 is 0 Å². The predicted octanol–water partition coefficient (Wildman–Crippen LogP) is 1.37. The maximum absolute atomic E-state index is 9.06. The number of nitrogens with zero attached hydrogens (tertiary/aromatic N) is 6. The van der Waals surface area contributed by atoms with E-state index in [0.717, 1.165) is 11.3 Å². The Morgan fingerprint density at radius 2 is 2.00 bits per heavy atom. The Balaban J connectivity index is 2.27. The van der Waals surface area contributed by atoms with Gasteiger partial charge in [-0.05, 0) is 25.1 Å². The summed E-state index contributed by atoms with van der Waals surface area (Å²) in [4.78, 5) is 12.5. The first-order chi connectivity index (χ1) is 8.78. The third-order valence-corrected chi connectivity index (χ3v) is 2.49. The molecule has 0 atom stereocenters. The quantitative estimate of drug-likeness (QED) is 0.637. The fraction of sp³-hybridized carbons (Fsp3) is 0.0833. The second-order valence-electron chi connectivity index (χ2n) is 3.78. The third-order valence-electron chi connectivity index (χ3n) is 2.49. The average Bonchev–Trinajstić information content (AvgIpc) is 2.82. The first-order valence-corrected chi connectivity index (χ1v) is 5.33. The number of aryl methyl sites for hydroxylation is 1. The SMILES string of the molecule is Cc1cc(C#N)n2nc(-c3ccncc3)nc2n1. The Kier molecular flexibility index (Phi) is 2.24. The molecule has 0 fully saturated rings. The number of nitriles is 1. The maximum atomic E-state index is 9.06. The van der Waals surface area contributed by atoms with Crippen molar-refractivity contribution >= 4 is 5.78 Å². The molecule has 0 N–H and O–H groups in total. The molecule has 0 unspecified atom stereocenters. The minimum Gasteiger partial charge on any atom is -0.265 e. The van der Waals surface area contributed by atoms with Crippen molar-refractivity contribution in [3.05, 3.63) is 42.0 Å². The summed E-state index contributed by atoms with van der Waals surface area (Å²) in [5, 5.41) is 13.4. The molecule has 0 amide bonds. The van der Waals surface area contributed by atoms with Gasteiger partial charge in [0.2, 0.25) is 0 Å². The number of hydrogen-bond donors (Lipinski definition) is 0. The summed E-state index contributed by atoms with van der Waals surface area (Å²) in [5.74, 6) is 0.963. The van der Waals surface area contributed by atoms with Crippen molar-refractivity contribution in [2.45, 2.75) is 6.92 Å². The van der Waals surface area contributed by atoms with Crippen LogP contribution in [0.2, 0.25) is 0 Å². The van der Waals surface area contributed by atoms with Gasteiger partial charge in [0.05, 0.1) is 0 Å². The minimum absolute atomic E-state index is 0.422. The molecular formula is C12H8N6. The topological polar surface area (TPSA) is 79.8 Å². The monoisotopic (exact) mass is 236 g/mol. The van der Waals surface area contributed by atoms with Gasteiger partial charge in [-0.25, -0.2) is 4.98 Å². The lowest BCUT2D eigenvalue weighted by Crippen LogP contribution is -1.98. The van der Waals surface area contributed by atoms with Crippen LogP contribution in [0.1, 0.15) is 11.4 Å². The Morgan fingerprint density at radius 1 is 1.22 bits per heavy atom. The molecule has 0 spiro atoms. The van der Waals surface area contributed by atoms with Crippen molar-refractivity contribution in [1.82, 2.24) is 24.6 Å². The highest BCUT2D eigenvalue weighted by Crippen LogP contribution is 2.15. The Morgan fingerprint density at radius 3 is 2.72 bits per heavy atom. The smallest absolute Gasteiger partial charge is 0.254 e. The number of aromatic nitrogens is 5. The third kappa shape index (κ3) is 1.58. The summed E-state index contributed by atoms with van der Waals surface area (Å²) in [5.41, 5.74) is 2.01. The number of rotatable bonds is 1. The first-order valence-electron chi connectivity index (χ1n) is 5.33. The zero-order valence-electron chi connectivity index (χ0n) is 9.57. The molecule has 3 rings (SSSR count). The molecule has 0 saturated carbocycles. The van der Waals surface area contributed by atoms with Gasteiger partial charge in [-0.15, -0.1) is 5.10 Å². The molecule has 0 aliphatic rings. The van der Waals surface area contributed by atoms with Crippen LogP contribution >= 0.6 is 0 Å². The van der Waals surface area contributed by atoms with Crippen LogP contribution in [0.3, 0.4) is 0 Å². The van der Waals surface area contributed by atoms with Crippen LogP contribution in [0, 0.1) is 18.3 Å². The van der Waals surface area contributed by atoms with Crippen LogP contribution in [0.5, 0.6) is 0 Å². The van der Waals surface area contributed by atoms with Gasteiger partial charge < -0.3 is 0 Å². The van der Waals surface area contributed by atoms with E-state index in [0.29, 0.717) is 17.3 Å². The number of pyridine rings is 1. The van der Waals surface area contributed by atoms with E-state index in [9.17, 15) is 0 Å². The molecular weight excluding hydrogens is 228 g/mol. The van der Waals surface area contributed by atoms with Crippen molar-refractivity contribution in [2.24, 2.45) is 0 Å². The Bertz CT molecular complexity index is 753. The molecule has 0 aromatic carbocycles. The van der Waals surface area contributed by atoms with E-state index in [2.05, 4.69) is 26.1 Å². The van der Waals surface area contributed by atoms with E-state index < -0.39 is 0 Å². The highest BCUT2D eigenvalue weighted by molar-refractivity contribution is 5.56. The molecule has 18 heavy (non-hydrogen) atoms. The Hall–Kier alpha value is -2.81. The van der Waals surface area contributed by atoms with E-state index in [1.54, 1.807) is 18.5 Å². The van der Waals surface area contributed by atoms with Crippen molar-refractivity contribution in [3.8, 4) is 17.5 Å². The second-order valence-corrected chi connectivity index (χ2v) is 3.78. The minimum atomic E-state index is 0.422. The standard InChI is InChI=1S/C12H8N6/c1-8-6-10(7-13)18-12(15-8)16-11(17-18)9-2-4-14-5-3-9/h2-6H,1H3. The molecule has 0 bridgehead atoms. The summed E-state index contributed by atoms with van der Waals surface area (Å²) in [6, 6.07) is 7.39. The normalized spacial score (nSPS) is 10.4. The zero-order chi connectivity index (χ0) is 12.5. The summed E-state index contributed by atoms with van der Waals surface area (Å²) in [6.45, 7) is 1.82. The summed E-state index contributed by atoms with van der Waals surface area (Å²) in [7, 11) is 0. The van der Waals surface area contributed by atoms with Crippen molar-refractivity contribution in [3.63, 3.8) is 0 Å². The van der Waals surface area contributed by atoms with Crippen molar-refractivity contribution in [2.75, 3.05) is 0 Å². The average molecular weight is 236 g/mol. The fourth-order valence-corrected chi connectivity index (χ4v) is 1.69. The molecule has 6 heteroatoms. The summed E-state index contributed by atoms with van der Waals surface area (Å²) < 4.78 is 1.45. The molecule has 3 heterocycles. The van der Waals surface area contributed by atoms with Crippen LogP contribution in [-0.4, -0.2) is 24.6 Å². The number of fused-ring (bicyclic) bond motifs is 1. The molecule has 86 valence electrons. The predicted molar refractivity (Wildman–Crippen MR) is 63.5 cm³/mol. The van der Waals surface area contributed by atoms with Crippen molar-refractivity contribution < 1.29 is 0 Å². The summed E-state index contributed by atoms with van der Waals surface area (Å²) >= 11 is 0. The van der Waals surface area contributed by atoms with Crippen LogP contribution in [0.15, 0.2) is 30.6 Å². The van der Waals surface area contributed by atoms with Crippen molar-refractivity contribution in [1.29, 1.82) is 5.26 Å². The molecule has 0 saturated heterocycles. The highest BCUT2D eigenvalue weighted by Gasteiger charge is 2.10. The van der Waals surface area contributed by atoms with Crippen LogP contribution in [0.25, 0.3) is 17.2 Å². The lowest BCUT2D eigenvalue weighted by atomic mass is 10.3. The van der Waals surface area contributed by atoms with Crippen LogP contribution in [-0.2, 0) is 0 Å². The Labute approximate surface area is 103 Å². The molecule has 6 nitrogen and oxygen atoms in total. The van der Waals surface area contributed by atoms with Gasteiger partial charge in [0.25, 0.3) is 5.78 Å². The number of hydrogen-bond acceptors (Lipinski definition) is 5. The van der Waals surface area contributed by atoms with Gasteiger partial charge >= 0.3 is 0 Å².